The van der Waals surface area contributed by atoms with E-state index in [4.69, 9.17) is 15.2 Å². The van der Waals surface area contributed by atoms with Gasteiger partial charge in [0.05, 0.1) is 40.6 Å². The van der Waals surface area contributed by atoms with Crippen LogP contribution in [0.15, 0.2) is 103 Å². The van der Waals surface area contributed by atoms with E-state index >= 15 is 0 Å². The Morgan fingerprint density at radius 1 is 0.745 bits per heavy atom. The Hall–Kier alpha value is -4.20. The number of hydrogen-bond donors (Lipinski definition) is 3. The molecule has 0 spiro atoms. The van der Waals surface area contributed by atoms with Crippen LogP contribution in [0.2, 0.25) is 0 Å². The van der Waals surface area contributed by atoms with Crippen LogP contribution < -0.4 is 50.9 Å². The van der Waals surface area contributed by atoms with E-state index in [1.807, 2.05) is 0 Å². The van der Waals surface area contributed by atoms with E-state index in [-0.39, 0.29) is 87.0 Å². The number of azo groups is 2. The second kappa shape index (κ2) is 14.7. The first-order chi connectivity index (χ1) is 21.3. The zero-order valence-corrected chi connectivity index (χ0v) is 29.2. The van der Waals surface area contributed by atoms with Crippen molar-refractivity contribution in [2.24, 2.45) is 20.5 Å². The predicted molar refractivity (Wildman–Crippen MR) is 168 cm³/mol. The maximum absolute atomic E-state index is 11.9. The van der Waals surface area contributed by atoms with Crippen molar-refractivity contribution >= 4 is 70.2 Å². The van der Waals surface area contributed by atoms with Gasteiger partial charge in [-0.1, -0.05) is 18.2 Å². The standard InChI is InChI=1S/C29H25N5O9S2.H3N.Na/c1-3-43-27-15-24(32-31-17-5-10-23(30)26(13-17)42-2)22-14-19(45(39,40)41)7-9-21(22)29(27)34-33-28-20-8-6-18(44(36,37)38)12-16(20)4-11-25(28)35;;/h4-15,35H,3,30H2,1-2H3,(H,36,37,38)(H,39,40,41);1H3;/q;;+1/p-1. The second-order valence-electron chi connectivity index (χ2n) is 9.43. The molecule has 0 aliphatic carbocycles. The Kier molecular flexibility index (Phi) is 11.7. The molecule has 47 heavy (non-hydrogen) atoms. The van der Waals surface area contributed by atoms with Gasteiger partial charge in [0.2, 0.25) is 0 Å². The number of benzene rings is 5. The zero-order chi connectivity index (χ0) is 32.5. The van der Waals surface area contributed by atoms with Crippen molar-refractivity contribution in [3.63, 3.8) is 0 Å². The van der Waals surface area contributed by atoms with Crippen molar-refractivity contribution < 1.29 is 70.1 Å². The summed E-state index contributed by atoms with van der Waals surface area (Å²) in [4.78, 5) is -0.983. The molecule has 0 atom stereocenters. The molecule has 0 unspecified atom stereocenters. The van der Waals surface area contributed by atoms with Crippen LogP contribution in [0, 0.1) is 0 Å². The summed E-state index contributed by atoms with van der Waals surface area (Å²) < 4.78 is 81.2. The van der Waals surface area contributed by atoms with E-state index in [2.05, 4.69) is 20.5 Å². The Bertz CT molecular complexity index is 2260. The van der Waals surface area contributed by atoms with Crippen LogP contribution in [-0.2, 0) is 20.2 Å². The number of aromatic hydroxyl groups is 1. The first kappa shape index (κ1) is 37.3. The van der Waals surface area contributed by atoms with Crippen molar-refractivity contribution in [3.8, 4) is 17.2 Å². The van der Waals surface area contributed by atoms with Crippen LogP contribution in [-0.4, -0.2) is 44.8 Å². The quantitative estimate of drug-likeness (QED) is 0.0873. The largest absolute Gasteiger partial charge is 1.00 e. The normalized spacial score (nSPS) is 11.9. The fraction of sp³-hybridized carbons (Fsp3) is 0.103. The summed E-state index contributed by atoms with van der Waals surface area (Å²) in [5, 5.41) is 28.7. The number of rotatable bonds is 9. The van der Waals surface area contributed by atoms with E-state index in [1.165, 1.54) is 37.4 Å². The summed E-state index contributed by atoms with van der Waals surface area (Å²) in [5.74, 6) is 0.231. The first-order valence-electron chi connectivity index (χ1n) is 13.0. The fourth-order valence-electron chi connectivity index (χ4n) is 4.47. The number of nitrogens with two attached hydrogens (primary N) is 1. The predicted octanol–water partition coefficient (Wildman–Crippen LogP) is 3.71. The summed E-state index contributed by atoms with van der Waals surface area (Å²) in [6, 6.07) is 16.0. The van der Waals surface area contributed by atoms with Gasteiger partial charge in [0, 0.05) is 28.3 Å². The smallest absolute Gasteiger partial charge is 0.744 e. The molecule has 0 aliphatic heterocycles. The summed E-state index contributed by atoms with van der Waals surface area (Å²) in [6.07, 6.45) is 0. The van der Waals surface area contributed by atoms with Gasteiger partial charge in [-0.2, -0.15) is 5.11 Å². The van der Waals surface area contributed by atoms with Crippen LogP contribution in [0.3, 0.4) is 0 Å². The minimum absolute atomic E-state index is 0. The Morgan fingerprint density at radius 2 is 1.38 bits per heavy atom. The van der Waals surface area contributed by atoms with Gasteiger partial charge in [0.15, 0.2) is 0 Å². The van der Waals surface area contributed by atoms with Gasteiger partial charge in [0.25, 0.3) is 0 Å². The van der Waals surface area contributed by atoms with Gasteiger partial charge in [-0.05, 0) is 54.8 Å². The molecule has 5 aromatic rings. The zero-order valence-electron chi connectivity index (χ0n) is 25.5. The molecule has 18 heteroatoms. The number of phenols is 1. The topological polar surface area (TPSA) is 265 Å². The SMILES string of the molecule is CCOc1cc(N=Nc2ccc(N)c(OC)c2)c2cc(S(=O)(=O)[O-])ccc2c1N=Nc1c(O)ccc2cc(S(=O)(=O)[O-])ccc12.[NH4+].[Na+]. The monoisotopic (exact) mass is 690 g/mol. The van der Waals surface area contributed by atoms with E-state index in [1.54, 1.807) is 25.1 Å². The van der Waals surface area contributed by atoms with Gasteiger partial charge < -0.3 is 35.6 Å². The number of phenolic OH excluding ortho intramolecular Hbond substituents is 1. The van der Waals surface area contributed by atoms with Gasteiger partial charge in [-0.3, -0.25) is 0 Å². The molecular weight excluding hydrogens is 663 g/mol. The number of hydrogen-bond acceptors (Lipinski definition) is 14. The van der Waals surface area contributed by atoms with Gasteiger partial charge in [-0.25, -0.2) is 16.8 Å². The van der Waals surface area contributed by atoms with E-state index in [0.29, 0.717) is 22.5 Å². The van der Waals surface area contributed by atoms with Gasteiger partial charge in [-0.15, -0.1) is 15.3 Å². The second-order valence-corrected chi connectivity index (χ2v) is 12.2. The summed E-state index contributed by atoms with van der Waals surface area (Å²) in [7, 11) is -8.15. The molecule has 7 N–H and O–H groups in total. The summed E-state index contributed by atoms with van der Waals surface area (Å²) in [6.45, 7) is 1.90. The molecule has 15 nitrogen and oxygen atoms in total. The summed E-state index contributed by atoms with van der Waals surface area (Å²) in [5.41, 5.74) is 6.81. The molecule has 5 aromatic carbocycles. The number of methoxy groups -OCH3 is 1. The van der Waals surface area contributed by atoms with Crippen LogP contribution in [0.4, 0.5) is 28.4 Å². The number of fused-ring (bicyclic) bond motifs is 2. The Morgan fingerprint density at radius 3 is 2.02 bits per heavy atom. The van der Waals surface area contributed by atoms with Crippen LogP contribution in [0.5, 0.6) is 17.2 Å². The number of ether oxygens (including phenoxy) is 2. The van der Waals surface area contributed by atoms with Crippen molar-refractivity contribution in [1.82, 2.24) is 6.15 Å². The summed E-state index contributed by atoms with van der Waals surface area (Å²) >= 11 is 0. The number of nitrogen functional groups attached to an aromatic ring is 1. The molecule has 0 saturated heterocycles. The minimum Gasteiger partial charge on any atom is -0.744 e. The number of nitrogens with zero attached hydrogens (tertiary/aromatic N) is 4. The molecule has 0 radical (unpaired) electrons. The molecule has 0 heterocycles. The number of quaternary nitrogens is 1. The third-order valence-electron chi connectivity index (χ3n) is 6.58. The molecule has 0 aromatic heterocycles. The van der Waals surface area contributed by atoms with Crippen molar-refractivity contribution in [2.45, 2.75) is 16.7 Å². The van der Waals surface area contributed by atoms with Crippen LogP contribution in [0.1, 0.15) is 6.92 Å². The van der Waals surface area contributed by atoms with Crippen LogP contribution in [0.25, 0.3) is 21.5 Å². The maximum Gasteiger partial charge on any atom is 1.00 e. The molecule has 240 valence electrons. The fourth-order valence-corrected chi connectivity index (χ4v) is 5.47. The average molecular weight is 691 g/mol. The molecule has 0 saturated carbocycles. The van der Waals surface area contributed by atoms with E-state index < -0.39 is 30.0 Å². The average Bonchev–Trinajstić information content (AvgIpc) is 2.99. The third kappa shape index (κ3) is 8.03. The molecule has 0 fully saturated rings. The van der Waals surface area contributed by atoms with Crippen molar-refractivity contribution in [3.05, 3.63) is 72.8 Å². The number of anilines is 1. The first-order valence-corrected chi connectivity index (χ1v) is 15.8. The van der Waals surface area contributed by atoms with Crippen LogP contribution >= 0.6 is 0 Å². The van der Waals surface area contributed by atoms with E-state index in [9.17, 15) is 31.0 Å². The van der Waals surface area contributed by atoms with Crippen molar-refractivity contribution in [2.75, 3.05) is 19.5 Å². The molecular formula is C29H27N6NaO9S2. The molecule has 0 bridgehead atoms. The van der Waals surface area contributed by atoms with Gasteiger partial charge >= 0.3 is 29.6 Å². The Balaban J connectivity index is 0.00000300. The molecule has 0 amide bonds. The van der Waals surface area contributed by atoms with E-state index in [0.717, 1.165) is 24.3 Å². The molecule has 0 aliphatic rings. The maximum atomic E-state index is 11.9. The minimum atomic E-state index is -4.86. The third-order valence-corrected chi connectivity index (χ3v) is 8.24. The molecule has 5 rings (SSSR count). The Labute approximate surface area is 291 Å². The van der Waals surface area contributed by atoms with Gasteiger partial charge in [0.1, 0.15) is 48.9 Å². The van der Waals surface area contributed by atoms with Crippen molar-refractivity contribution in [1.29, 1.82) is 0 Å².